The lowest BCUT2D eigenvalue weighted by atomic mass is 9.95. The van der Waals surface area contributed by atoms with Crippen molar-refractivity contribution in [1.82, 2.24) is 14.9 Å². The Hall–Kier alpha value is -3.74. The number of nitrogens with two attached hydrogens (primary N) is 2. The Morgan fingerprint density at radius 1 is 1.26 bits per heavy atom. The van der Waals surface area contributed by atoms with Gasteiger partial charge in [-0.15, -0.1) is 0 Å². The molecule has 0 bridgehead atoms. The van der Waals surface area contributed by atoms with Crippen LogP contribution in [0.1, 0.15) is 15.9 Å². The van der Waals surface area contributed by atoms with E-state index in [-0.39, 0.29) is 18.0 Å². The molecule has 0 radical (unpaired) electrons. The quantitative estimate of drug-likeness (QED) is 0.545. The topological polar surface area (TPSA) is 115 Å². The van der Waals surface area contributed by atoms with Gasteiger partial charge in [0.2, 0.25) is 5.91 Å². The Kier molecular flexibility index (Phi) is 3.84. The predicted molar refractivity (Wildman–Crippen MR) is 102 cm³/mol. The fourth-order valence-corrected chi connectivity index (χ4v) is 3.35. The van der Waals surface area contributed by atoms with Crippen molar-refractivity contribution in [3.63, 3.8) is 0 Å². The fourth-order valence-electron chi connectivity index (χ4n) is 3.35. The molecule has 27 heavy (non-hydrogen) atoms. The average Bonchev–Trinajstić information content (AvgIpc) is 2.98. The van der Waals surface area contributed by atoms with E-state index in [4.69, 9.17) is 11.5 Å². The highest BCUT2D eigenvalue weighted by atomic mass is 16.2. The van der Waals surface area contributed by atoms with Crippen LogP contribution in [0.2, 0.25) is 0 Å². The summed E-state index contributed by atoms with van der Waals surface area (Å²) in [6, 6.07) is 9.49. The van der Waals surface area contributed by atoms with Crippen LogP contribution in [0.4, 0.5) is 5.69 Å². The highest BCUT2D eigenvalue weighted by molar-refractivity contribution is 6.06. The van der Waals surface area contributed by atoms with Crippen molar-refractivity contribution in [2.75, 3.05) is 12.3 Å². The molecule has 2 aromatic carbocycles. The molecule has 0 fully saturated rings. The van der Waals surface area contributed by atoms with Crippen LogP contribution in [0.25, 0.3) is 22.0 Å². The third kappa shape index (κ3) is 2.79. The van der Waals surface area contributed by atoms with E-state index in [1.807, 2.05) is 24.3 Å². The smallest absolute Gasteiger partial charge is 0.256 e. The summed E-state index contributed by atoms with van der Waals surface area (Å²) in [7, 11) is 0. The number of amides is 2. The number of nitrogen functional groups attached to an aromatic ring is 1. The van der Waals surface area contributed by atoms with Gasteiger partial charge in [-0.1, -0.05) is 24.8 Å². The molecule has 2 amide bonds. The van der Waals surface area contributed by atoms with E-state index in [0.29, 0.717) is 17.8 Å². The number of carbonyl (C=O) groups excluding carboxylic acids is 2. The van der Waals surface area contributed by atoms with Gasteiger partial charge in [0, 0.05) is 29.4 Å². The molecule has 7 heteroatoms. The Bertz CT molecular complexity index is 1120. The van der Waals surface area contributed by atoms with Crippen LogP contribution < -0.4 is 11.5 Å². The molecule has 4 N–H and O–H groups in total. The minimum atomic E-state index is -0.624. The highest BCUT2D eigenvalue weighted by Crippen LogP contribution is 2.36. The molecule has 1 aliphatic heterocycles. The number of nitrogens with zero attached hydrogens (tertiary/aromatic N) is 3. The van der Waals surface area contributed by atoms with Gasteiger partial charge in [0.25, 0.3) is 5.91 Å². The van der Waals surface area contributed by atoms with Crippen molar-refractivity contribution in [2.45, 2.75) is 6.54 Å². The van der Waals surface area contributed by atoms with E-state index >= 15 is 0 Å². The molecule has 3 aromatic rings. The van der Waals surface area contributed by atoms with Gasteiger partial charge in [0.15, 0.2) is 0 Å². The minimum absolute atomic E-state index is 0.0761. The van der Waals surface area contributed by atoms with Crippen LogP contribution >= 0.6 is 0 Å². The first kappa shape index (κ1) is 16.7. The third-order valence-electron chi connectivity index (χ3n) is 4.74. The Balaban J connectivity index is 1.78. The van der Waals surface area contributed by atoms with Crippen molar-refractivity contribution < 1.29 is 9.59 Å². The van der Waals surface area contributed by atoms with E-state index in [9.17, 15) is 9.59 Å². The Labute approximate surface area is 155 Å². The number of anilines is 1. The van der Waals surface area contributed by atoms with Crippen molar-refractivity contribution in [2.24, 2.45) is 5.73 Å². The van der Waals surface area contributed by atoms with Crippen LogP contribution in [-0.2, 0) is 11.3 Å². The first-order valence-electron chi connectivity index (χ1n) is 8.34. The van der Waals surface area contributed by atoms with Crippen LogP contribution in [0.3, 0.4) is 0 Å². The molecule has 0 aliphatic carbocycles. The number of hydrogen-bond acceptors (Lipinski definition) is 5. The van der Waals surface area contributed by atoms with Crippen molar-refractivity contribution in [1.29, 1.82) is 0 Å². The number of benzene rings is 2. The van der Waals surface area contributed by atoms with Gasteiger partial charge < -0.3 is 16.4 Å². The summed E-state index contributed by atoms with van der Waals surface area (Å²) in [4.78, 5) is 33.9. The van der Waals surface area contributed by atoms with Crippen LogP contribution in [0, 0.1) is 0 Å². The normalized spacial score (nSPS) is 13.0. The average molecular weight is 359 g/mol. The zero-order valence-electron chi connectivity index (χ0n) is 14.5. The van der Waals surface area contributed by atoms with Gasteiger partial charge in [-0.3, -0.25) is 9.59 Å². The minimum Gasteiger partial charge on any atom is -0.398 e. The second-order valence-electron chi connectivity index (χ2n) is 6.48. The van der Waals surface area contributed by atoms with E-state index < -0.39 is 5.91 Å². The Morgan fingerprint density at radius 3 is 2.85 bits per heavy atom. The third-order valence-corrected chi connectivity index (χ3v) is 4.74. The van der Waals surface area contributed by atoms with Gasteiger partial charge in [0.1, 0.15) is 6.33 Å². The lowest BCUT2D eigenvalue weighted by Crippen LogP contribution is -2.30. The molecular weight excluding hydrogens is 342 g/mol. The number of fused-ring (bicyclic) bond motifs is 2. The first-order chi connectivity index (χ1) is 13.0. The number of hydrogen-bond donors (Lipinski definition) is 2. The van der Waals surface area contributed by atoms with Crippen molar-refractivity contribution in [3.8, 4) is 11.1 Å². The number of aromatic nitrogens is 2. The SMILES string of the molecule is C=C(CN1Cc2c(-c3ccc4cncnc4c3)ccc(N)c2C1=O)C(N)=O. The van der Waals surface area contributed by atoms with Crippen molar-refractivity contribution in [3.05, 3.63) is 66.1 Å². The summed E-state index contributed by atoms with van der Waals surface area (Å²) in [5, 5.41) is 0.934. The monoisotopic (exact) mass is 359 g/mol. The molecule has 0 atom stereocenters. The number of rotatable bonds is 4. The number of primary amides is 1. The van der Waals surface area contributed by atoms with Crippen LogP contribution in [0.5, 0.6) is 0 Å². The van der Waals surface area contributed by atoms with Gasteiger partial charge in [-0.2, -0.15) is 0 Å². The molecule has 4 rings (SSSR count). The molecular formula is C20H17N5O2. The summed E-state index contributed by atoms with van der Waals surface area (Å²) in [5.74, 6) is -0.851. The molecule has 1 aliphatic rings. The summed E-state index contributed by atoms with van der Waals surface area (Å²) < 4.78 is 0. The Morgan fingerprint density at radius 2 is 2.07 bits per heavy atom. The molecule has 0 spiro atoms. The molecule has 0 saturated carbocycles. The molecule has 0 unspecified atom stereocenters. The summed E-state index contributed by atoms with van der Waals surface area (Å²) >= 11 is 0. The highest BCUT2D eigenvalue weighted by Gasteiger charge is 2.32. The maximum absolute atomic E-state index is 12.8. The maximum Gasteiger partial charge on any atom is 0.256 e. The first-order valence-corrected chi connectivity index (χ1v) is 8.34. The van der Waals surface area contributed by atoms with Crippen LogP contribution in [0.15, 0.2) is 55.0 Å². The van der Waals surface area contributed by atoms with Gasteiger partial charge in [-0.05, 0) is 28.8 Å². The summed E-state index contributed by atoms with van der Waals surface area (Å²) in [6.07, 6.45) is 3.25. The summed E-state index contributed by atoms with van der Waals surface area (Å²) in [5.41, 5.74) is 15.9. The molecule has 0 saturated heterocycles. The van der Waals surface area contributed by atoms with Gasteiger partial charge in [0.05, 0.1) is 17.6 Å². The second-order valence-corrected chi connectivity index (χ2v) is 6.48. The van der Waals surface area contributed by atoms with Crippen LogP contribution in [-0.4, -0.2) is 33.2 Å². The lowest BCUT2D eigenvalue weighted by Gasteiger charge is -2.15. The van der Waals surface area contributed by atoms with Gasteiger partial charge in [-0.25, -0.2) is 9.97 Å². The molecule has 2 heterocycles. The zero-order valence-corrected chi connectivity index (χ0v) is 14.5. The largest absolute Gasteiger partial charge is 0.398 e. The van der Waals surface area contributed by atoms with Crippen molar-refractivity contribution >= 4 is 28.4 Å². The van der Waals surface area contributed by atoms with E-state index in [1.54, 1.807) is 12.3 Å². The fraction of sp³-hybridized carbons (Fsp3) is 0.100. The molecule has 134 valence electrons. The zero-order chi connectivity index (χ0) is 19.1. The standard InChI is InChI=1S/C20H17N5O2/c1-11(19(22)26)8-25-9-15-14(4-5-16(21)18(15)20(25)27)12-2-3-13-7-23-10-24-17(13)6-12/h2-7,10H,1,8-9,21H2,(H2,22,26). The van der Waals surface area contributed by atoms with E-state index in [1.165, 1.54) is 11.2 Å². The molecule has 1 aromatic heterocycles. The van der Waals surface area contributed by atoms with Gasteiger partial charge >= 0.3 is 0 Å². The predicted octanol–water partition coefficient (Wildman–Crippen LogP) is 1.88. The second kappa shape index (κ2) is 6.21. The maximum atomic E-state index is 12.8. The molecule has 7 nitrogen and oxygen atoms in total. The van der Waals surface area contributed by atoms with E-state index in [2.05, 4.69) is 16.5 Å². The lowest BCUT2D eigenvalue weighted by molar-refractivity contribution is -0.114. The summed E-state index contributed by atoms with van der Waals surface area (Å²) in [6.45, 7) is 4.05. The van der Waals surface area contributed by atoms with E-state index in [0.717, 1.165) is 27.6 Å². The number of carbonyl (C=O) groups is 2.